The molecule has 0 aliphatic heterocycles. The summed E-state index contributed by atoms with van der Waals surface area (Å²) < 4.78 is 0. The number of carbonyl (C=O) groups excluding carboxylic acids is 1. The van der Waals surface area contributed by atoms with Crippen molar-refractivity contribution in [1.82, 2.24) is 0 Å². The van der Waals surface area contributed by atoms with E-state index in [9.17, 15) is 4.79 Å². The zero-order valence-electron chi connectivity index (χ0n) is 10.6. The second-order valence-electron chi connectivity index (χ2n) is 5.48. The van der Waals surface area contributed by atoms with Gasteiger partial charge in [0.25, 0.3) is 0 Å². The smallest absolute Gasteiger partial charge is 0.163 e. The first-order valence-electron chi connectivity index (χ1n) is 6.17. The highest BCUT2D eigenvalue weighted by atomic mass is 16.1. The summed E-state index contributed by atoms with van der Waals surface area (Å²) >= 11 is 0. The highest BCUT2D eigenvalue weighted by molar-refractivity contribution is 6.01. The quantitative estimate of drug-likeness (QED) is 0.726. The topological polar surface area (TPSA) is 17.1 Å². The fourth-order valence-corrected chi connectivity index (χ4v) is 2.51. The fraction of sp³-hybridized carbons (Fsp3) is 0.533. The molecule has 1 atom stereocenters. The predicted octanol–water partition coefficient (Wildman–Crippen LogP) is 4.14. The van der Waals surface area contributed by atoms with E-state index in [0.717, 1.165) is 5.56 Å². The number of hydrogen-bond donors (Lipinski definition) is 0. The lowest BCUT2D eigenvalue weighted by Gasteiger charge is -2.15. The van der Waals surface area contributed by atoms with Gasteiger partial charge in [0.05, 0.1) is 0 Å². The molecule has 1 heteroatoms. The van der Waals surface area contributed by atoms with Crippen molar-refractivity contribution in [3.05, 3.63) is 34.9 Å². The van der Waals surface area contributed by atoms with Gasteiger partial charge in [-0.25, -0.2) is 0 Å². The van der Waals surface area contributed by atoms with Crippen molar-refractivity contribution in [2.75, 3.05) is 0 Å². The van der Waals surface area contributed by atoms with Gasteiger partial charge in [0, 0.05) is 12.0 Å². The Labute approximate surface area is 97.9 Å². The van der Waals surface area contributed by atoms with E-state index in [1.807, 2.05) is 0 Å². The van der Waals surface area contributed by atoms with E-state index in [2.05, 4.69) is 45.9 Å². The summed E-state index contributed by atoms with van der Waals surface area (Å²) in [6.45, 7) is 8.73. The third-order valence-corrected chi connectivity index (χ3v) is 3.65. The van der Waals surface area contributed by atoms with Crippen LogP contribution in [-0.2, 0) is 0 Å². The lowest BCUT2D eigenvalue weighted by Crippen LogP contribution is -2.02. The first-order chi connectivity index (χ1) is 7.50. The second-order valence-corrected chi connectivity index (χ2v) is 5.48. The van der Waals surface area contributed by atoms with Crippen molar-refractivity contribution in [2.24, 2.45) is 5.92 Å². The number of ketones is 1. The minimum Gasteiger partial charge on any atom is -0.294 e. The maximum absolute atomic E-state index is 12.0. The largest absolute Gasteiger partial charge is 0.294 e. The molecule has 0 saturated heterocycles. The van der Waals surface area contributed by atoms with Crippen molar-refractivity contribution in [1.29, 1.82) is 0 Å². The zero-order chi connectivity index (χ0) is 11.9. The molecule has 0 bridgehead atoms. The minimum absolute atomic E-state index is 0.330. The highest BCUT2D eigenvalue weighted by Crippen LogP contribution is 2.39. The van der Waals surface area contributed by atoms with Crippen LogP contribution in [0.2, 0.25) is 0 Å². The number of hydrogen-bond acceptors (Lipinski definition) is 1. The fourth-order valence-electron chi connectivity index (χ4n) is 2.51. The Hall–Kier alpha value is -1.11. The molecule has 2 rings (SSSR count). The number of rotatable bonds is 2. The summed E-state index contributed by atoms with van der Waals surface area (Å²) in [5, 5.41) is 0. The van der Waals surface area contributed by atoms with Crippen LogP contribution in [-0.4, -0.2) is 5.78 Å². The summed E-state index contributed by atoms with van der Waals surface area (Å²) in [5.41, 5.74) is 3.52. The second kappa shape index (κ2) is 4.04. The molecule has 0 radical (unpaired) electrons. The number of Topliss-reactive ketones (excluding diaryl/α,β-unsaturated/α-hetero) is 1. The molecular formula is C15H20O. The monoisotopic (exact) mass is 216 g/mol. The first kappa shape index (κ1) is 11.4. The van der Waals surface area contributed by atoms with Crippen LogP contribution < -0.4 is 0 Å². The molecule has 1 aromatic carbocycles. The Morgan fingerprint density at radius 3 is 2.44 bits per heavy atom. The van der Waals surface area contributed by atoms with E-state index < -0.39 is 0 Å². The zero-order valence-corrected chi connectivity index (χ0v) is 10.6. The van der Waals surface area contributed by atoms with Crippen molar-refractivity contribution in [2.45, 2.75) is 46.0 Å². The van der Waals surface area contributed by atoms with Gasteiger partial charge < -0.3 is 0 Å². The van der Waals surface area contributed by atoms with Crippen LogP contribution in [0.25, 0.3) is 0 Å². The van der Waals surface area contributed by atoms with E-state index in [1.165, 1.54) is 11.1 Å². The van der Waals surface area contributed by atoms with Crippen molar-refractivity contribution in [3.8, 4) is 0 Å². The van der Waals surface area contributed by atoms with Crippen molar-refractivity contribution >= 4 is 5.78 Å². The SMILES string of the molecule is CC(C)c1ccc2c(c1)C(=O)CC2C(C)C. The van der Waals surface area contributed by atoms with Crippen LogP contribution in [0.15, 0.2) is 18.2 Å². The average molecular weight is 216 g/mol. The Kier molecular flexibility index (Phi) is 2.88. The number of fused-ring (bicyclic) bond motifs is 1. The molecule has 0 fully saturated rings. The molecule has 0 heterocycles. The molecule has 0 aromatic heterocycles. The molecule has 1 aromatic rings. The molecule has 1 unspecified atom stereocenters. The van der Waals surface area contributed by atoms with Gasteiger partial charge in [0.1, 0.15) is 0 Å². The third-order valence-electron chi connectivity index (χ3n) is 3.65. The van der Waals surface area contributed by atoms with Crippen LogP contribution >= 0.6 is 0 Å². The summed E-state index contributed by atoms with van der Waals surface area (Å²) in [7, 11) is 0. The first-order valence-corrected chi connectivity index (χ1v) is 6.17. The normalized spacial score (nSPS) is 19.6. The Morgan fingerprint density at radius 2 is 1.88 bits per heavy atom. The molecule has 16 heavy (non-hydrogen) atoms. The Balaban J connectivity index is 2.45. The van der Waals surface area contributed by atoms with Crippen LogP contribution in [0.3, 0.4) is 0 Å². The third kappa shape index (κ3) is 1.79. The molecule has 0 spiro atoms. The van der Waals surface area contributed by atoms with E-state index in [4.69, 9.17) is 0 Å². The van der Waals surface area contributed by atoms with E-state index in [0.29, 0.717) is 30.0 Å². The van der Waals surface area contributed by atoms with Gasteiger partial charge in [0.2, 0.25) is 0 Å². The highest BCUT2D eigenvalue weighted by Gasteiger charge is 2.31. The Morgan fingerprint density at radius 1 is 1.19 bits per heavy atom. The molecule has 1 aliphatic carbocycles. The van der Waals surface area contributed by atoms with E-state index in [1.54, 1.807) is 0 Å². The number of carbonyl (C=O) groups is 1. The van der Waals surface area contributed by atoms with Crippen LogP contribution in [0.4, 0.5) is 0 Å². The molecule has 0 N–H and O–H groups in total. The molecule has 0 saturated carbocycles. The van der Waals surface area contributed by atoms with Gasteiger partial charge in [-0.05, 0) is 34.9 Å². The molecule has 86 valence electrons. The van der Waals surface area contributed by atoms with Crippen LogP contribution in [0.1, 0.15) is 67.4 Å². The van der Waals surface area contributed by atoms with Gasteiger partial charge >= 0.3 is 0 Å². The molecular weight excluding hydrogens is 196 g/mol. The van der Waals surface area contributed by atoms with Gasteiger partial charge in [-0.15, -0.1) is 0 Å². The molecule has 0 amide bonds. The minimum atomic E-state index is 0.330. The average Bonchev–Trinajstić information content (AvgIpc) is 2.56. The molecule has 1 nitrogen and oxygen atoms in total. The van der Waals surface area contributed by atoms with E-state index >= 15 is 0 Å². The summed E-state index contributed by atoms with van der Waals surface area (Å²) in [5.74, 6) is 1.81. The maximum atomic E-state index is 12.0. The van der Waals surface area contributed by atoms with Crippen molar-refractivity contribution < 1.29 is 4.79 Å². The van der Waals surface area contributed by atoms with Gasteiger partial charge in [0.15, 0.2) is 5.78 Å². The maximum Gasteiger partial charge on any atom is 0.163 e. The van der Waals surface area contributed by atoms with E-state index in [-0.39, 0.29) is 0 Å². The predicted molar refractivity (Wildman–Crippen MR) is 67.1 cm³/mol. The van der Waals surface area contributed by atoms with Crippen molar-refractivity contribution in [3.63, 3.8) is 0 Å². The summed E-state index contributed by atoms with van der Waals surface area (Å²) in [6.07, 6.45) is 0.703. The van der Waals surface area contributed by atoms with Crippen LogP contribution in [0, 0.1) is 5.92 Å². The summed E-state index contributed by atoms with van der Waals surface area (Å²) in [4.78, 5) is 12.0. The van der Waals surface area contributed by atoms with Gasteiger partial charge in [-0.1, -0.05) is 39.8 Å². The lowest BCUT2D eigenvalue weighted by molar-refractivity contribution is 0.0984. The van der Waals surface area contributed by atoms with Crippen LogP contribution in [0.5, 0.6) is 0 Å². The lowest BCUT2D eigenvalue weighted by atomic mass is 9.89. The van der Waals surface area contributed by atoms with Gasteiger partial charge in [-0.3, -0.25) is 4.79 Å². The molecule has 1 aliphatic rings. The Bertz CT molecular complexity index is 415. The van der Waals surface area contributed by atoms with Gasteiger partial charge in [-0.2, -0.15) is 0 Å². The standard InChI is InChI=1S/C15H20O/c1-9(2)11-5-6-12-13(10(3)4)8-15(16)14(12)7-11/h5-7,9-10,13H,8H2,1-4H3. The number of benzene rings is 1. The summed E-state index contributed by atoms with van der Waals surface area (Å²) in [6, 6.07) is 6.45.